The fourth-order valence-corrected chi connectivity index (χ4v) is 3.77. The summed E-state index contributed by atoms with van der Waals surface area (Å²) in [7, 11) is 0. The van der Waals surface area contributed by atoms with E-state index in [2.05, 4.69) is 53.6 Å². The maximum atomic E-state index is 12.7. The van der Waals surface area contributed by atoms with Crippen LogP contribution < -0.4 is 5.32 Å². The van der Waals surface area contributed by atoms with E-state index in [4.69, 9.17) is 0 Å². The minimum atomic E-state index is -0.227. The Balaban J connectivity index is 1.43. The molecule has 28 heavy (non-hydrogen) atoms. The molecule has 0 bridgehead atoms. The number of fused-ring (bicyclic) bond motifs is 1. The molecule has 1 aliphatic rings. The van der Waals surface area contributed by atoms with Crippen LogP contribution in [0.4, 0.5) is 4.79 Å². The highest BCUT2D eigenvalue weighted by atomic mass is 16.2. The van der Waals surface area contributed by atoms with Crippen molar-refractivity contribution < 1.29 is 4.79 Å². The summed E-state index contributed by atoms with van der Waals surface area (Å²) < 4.78 is 1.90. The van der Waals surface area contributed by atoms with Crippen molar-refractivity contribution in [1.29, 1.82) is 0 Å². The van der Waals surface area contributed by atoms with Crippen LogP contribution in [0.25, 0.3) is 11.2 Å². The fourth-order valence-electron chi connectivity index (χ4n) is 3.77. The summed E-state index contributed by atoms with van der Waals surface area (Å²) in [6.45, 7) is 7.49. The first-order valence-electron chi connectivity index (χ1n) is 9.64. The smallest absolute Gasteiger partial charge is 0.318 e. The zero-order valence-corrected chi connectivity index (χ0v) is 16.5. The maximum Gasteiger partial charge on any atom is 0.318 e. The molecule has 0 fully saturated rings. The van der Waals surface area contributed by atoms with Crippen molar-refractivity contribution in [3.05, 3.63) is 71.2 Å². The summed E-state index contributed by atoms with van der Waals surface area (Å²) in [6, 6.07) is 12.1. The van der Waals surface area contributed by atoms with E-state index in [0.717, 1.165) is 17.9 Å². The Morgan fingerprint density at radius 2 is 1.93 bits per heavy atom. The highest BCUT2D eigenvalue weighted by Gasteiger charge is 2.22. The summed E-state index contributed by atoms with van der Waals surface area (Å²) >= 11 is 0. The monoisotopic (exact) mass is 375 g/mol. The lowest BCUT2D eigenvalue weighted by molar-refractivity contribution is 0.199. The molecule has 0 spiro atoms. The number of aromatic nitrogens is 3. The number of amides is 2. The van der Waals surface area contributed by atoms with Gasteiger partial charge < -0.3 is 10.2 Å². The molecule has 1 aliphatic heterocycles. The third kappa shape index (κ3) is 3.63. The number of nitrogens with zero attached hydrogens (tertiary/aromatic N) is 4. The molecule has 144 valence electrons. The summed E-state index contributed by atoms with van der Waals surface area (Å²) in [5.41, 5.74) is 5.89. The average Bonchev–Trinajstić information content (AvgIpc) is 3.11. The van der Waals surface area contributed by atoms with Gasteiger partial charge in [-0.3, -0.25) is 4.40 Å². The van der Waals surface area contributed by atoms with E-state index < -0.39 is 0 Å². The summed E-state index contributed by atoms with van der Waals surface area (Å²) in [5, 5.41) is 11.4. The molecule has 6 nitrogen and oxygen atoms in total. The SMILES string of the molecule is Cc1cc(C)cc(C2=CCN(C(=O)NC(C)c3nnc4ccccn34)CC2)c1. The van der Waals surface area contributed by atoms with Crippen LogP contribution in [-0.2, 0) is 0 Å². The third-order valence-electron chi connectivity index (χ3n) is 5.16. The van der Waals surface area contributed by atoms with Gasteiger partial charge in [-0.15, -0.1) is 10.2 Å². The molecule has 3 aromatic rings. The Morgan fingerprint density at radius 1 is 1.14 bits per heavy atom. The normalized spacial score (nSPS) is 15.4. The standard InChI is InChI=1S/C22H25N5O/c1-15-12-16(2)14-19(13-15)18-7-10-26(11-8-18)22(28)23-17(3)21-25-24-20-6-4-5-9-27(20)21/h4-7,9,12-14,17H,8,10-11H2,1-3H3,(H,23,28). The second-order valence-electron chi connectivity index (χ2n) is 7.46. The maximum absolute atomic E-state index is 12.7. The van der Waals surface area contributed by atoms with E-state index >= 15 is 0 Å². The van der Waals surface area contributed by atoms with Gasteiger partial charge in [0, 0.05) is 19.3 Å². The Bertz CT molecular complexity index is 1030. The van der Waals surface area contributed by atoms with Crippen LogP contribution in [-0.4, -0.2) is 38.6 Å². The van der Waals surface area contributed by atoms with E-state index in [0.29, 0.717) is 13.1 Å². The number of pyridine rings is 1. The number of hydrogen-bond acceptors (Lipinski definition) is 3. The average molecular weight is 375 g/mol. The lowest BCUT2D eigenvalue weighted by Crippen LogP contribution is -2.43. The molecule has 1 aromatic carbocycles. The number of urea groups is 1. The van der Waals surface area contributed by atoms with Crippen molar-refractivity contribution in [1.82, 2.24) is 24.8 Å². The van der Waals surface area contributed by atoms with Crippen molar-refractivity contribution in [2.45, 2.75) is 33.2 Å². The van der Waals surface area contributed by atoms with Crippen LogP contribution in [0.5, 0.6) is 0 Å². The number of carbonyl (C=O) groups is 1. The van der Waals surface area contributed by atoms with E-state index in [9.17, 15) is 4.79 Å². The van der Waals surface area contributed by atoms with Crippen LogP contribution >= 0.6 is 0 Å². The van der Waals surface area contributed by atoms with Crippen LogP contribution in [0.15, 0.2) is 48.7 Å². The van der Waals surface area contributed by atoms with Gasteiger partial charge in [-0.1, -0.05) is 41.5 Å². The quantitative estimate of drug-likeness (QED) is 0.755. The van der Waals surface area contributed by atoms with Crippen molar-refractivity contribution in [2.24, 2.45) is 0 Å². The first-order valence-corrected chi connectivity index (χ1v) is 9.64. The van der Waals surface area contributed by atoms with Crippen molar-refractivity contribution in [3.63, 3.8) is 0 Å². The molecular weight excluding hydrogens is 350 g/mol. The highest BCUT2D eigenvalue weighted by molar-refractivity contribution is 5.77. The minimum Gasteiger partial charge on any atom is -0.328 e. The van der Waals surface area contributed by atoms with Gasteiger partial charge in [-0.2, -0.15) is 0 Å². The summed E-state index contributed by atoms with van der Waals surface area (Å²) in [6.07, 6.45) is 4.93. The Morgan fingerprint density at radius 3 is 2.64 bits per heavy atom. The second-order valence-corrected chi connectivity index (χ2v) is 7.46. The van der Waals surface area contributed by atoms with Gasteiger partial charge in [-0.25, -0.2) is 4.79 Å². The number of aryl methyl sites for hydroxylation is 2. The molecule has 2 aromatic heterocycles. The van der Waals surface area contributed by atoms with E-state index in [1.807, 2.05) is 40.6 Å². The molecule has 1 N–H and O–H groups in total. The molecule has 0 saturated heterocycles. The van der Waals surface area contributed by atoms with E-state index in [1.165, 1.54) is 22.3 Å². The molecule has 2 amide bonds. The summed E-state index contributed by atoms with van der Waals surface area (Å²) in [4.78, 5) is 14.6. The fraction of sp³-hybridized carbons (Fsp3) is 0.318. The van der Waals surface area contributed by atoms with Gasteiger partial charge in [0.15, 0.2) is 11.5 Å². The molecule has 1 atom stereocenters. The molecule has 0 radical (unpaired) electrons. The number of carbonyl (C=O) groups excluding carboxylic acids is 1. The topological polar surface area (TPSA) is 62.5 Å². The molecule has 0 aliphatic carbocycles. The van der Waals surface area contributed by atoms with Gasteiger partial charge in [0.2, 0.25) is 0 Å². The highest BCUT2D eigenvalue weighted by Crippen LogP contribution is 2.24. The number of hydrogen-bond donors (Lipinski definition) is 1. The molecule has 3 heterocycles. The lowest BCUT2D eigenvalue weighted by atomic mass is 9.96. The Labute approximate surface area is 164 Å². The van der Waals surface area contributed by atoms with Crippen LogP contribution in [0.2, 0.25) is 0 Å². The number of rotatable bonds is 3. The zero-order chi connectivity index (χ0) is 19.7. The van der Waals surface area contributed by atoms with Crippen LogP contribution in [0.3, 0.4) is 0 Å². The predicted octanol–water partition coefficient (Wildman–Crippen LogP) is 3.91. The molecule has 6 heteroatoms. The second kappa shape index (κ2) is 7.46. The molecule has 0 saturated carbocycles. The van der Waals surface area contributed by atoms with Gasteiger partial charge in [0.25, 0.3) is 0 Å². The number of nitrogens with one attached hydrogen (secondary N) is 1. The third-order valence-corrected chi connectivity index (χ3v) is 5.16. The summed E-state index contributed by atoms with van der Waals surface area (Å²) in [5.74, 6) is 0.729. The van der Waals surface area contributed by atoms with Gasteiger partial charge in [-0.05, 0) is 50.5 Å². The molecule has 4 rings (SSSR count). The van der Waals surface area contributed by atoms with Crippen molar-refractivity contribution >= 4 is 17.3 Å². The Kier molecular flexibility index (Phi) is 4.86. The van der Waals surface area contributed by atoms with Crippen LogP contribution in [0.1, 0.15) is 41.9 Å². The largest absolute Gasteiger partial charge is 0.328 e. The first kappa shape index (κ1) is 18.2. The van der Waals surface area contributed by atoms with E-state index in [1.54, 1.807) is 0 Å². The van der Waals surface area contributed by atoms with E-state index in [-0.39, 0.29) is 12.1 Å². The van der Waals surface area contributed by atoms with Gasteiger partial charge in [0.05, 0.1) is 6.04 Å². The molecular formula is C22H25N5O. The van der Waals surface area contributed by atoms with Crippen molar-refractivity contribution in [2.75, 3.05) is 13.1 Å². The van der Waals surface area contributed by atoms with Gasteiger partial charge >= 0.3 is 6.03 Å². The predicted molar refractivity (Wildman–Crippen MR) is 110 cm³/mol. The first-order chi connectivity index (χ1) is 13.5. The number of benzene rings is 1. The van der Waals surface area contributed by atoms with Crippen molar-refractivity contribution in [3.8, 4) is 0 Å². The molecule has 1 unspecified atom stereocenters. The Hall–Kier alpha value is -3.15. The van der Waals surface area contributed by atoms with Gasteiger partial charge in [0.1, 0.15) is 0 Å². The zero-order valence-electron chi connectivity index (χ0n) is 16.5. The lowest BCUT2D eigenvalue weighted by Gasteiger charge is -2.28. The minimum absolute atomic E-state index is 0.0732. The van der Waals surface area contributed by atoms with Crippen LogP contribution in [0, 0.1) is 13.8 Å².